The zero-order valence-electron chi connectivity index (χ0n) is 16.2. The molecule has 1 atom stereocenters. The molecule has 0 unspecified atom stereocenters. The molecule has 1 saturated carbocycles. The van der Waals surface area contributed by atoms with Crippen LogP contribution in [0.3, 0.4) is 0 Å². The van der Waals surface area contributed by atoms with Crippen molar-refractivity contribution in [1.82, 2.24) is 4.57 Å². The van der Waals surface area contributed by atoms with Gasteiger partial charge in [-0.3, -0.25) is 9.59 Å². The highest BCUT2D eigenvalue weighted by Crippen LogP contribution is 2.42. The van der Waals surface area contributed by atoms with Crippen LogP contribution in [0.25, 0.3) is 10.9 Å². The van der Waals surface area contributed by atoms with Gasteiger partial charge in [0.1, 0.15) is 11.6 Å². The zero-order chi connectivity index (χ0) is 21.1. The molecular weight excluding hydrogens is 456 g/mol. The standard InChI is InChI=1S/C19H21ClFN3O4S.ClH/c1-29(27,28)9-15(25)13-8-24(11-2-3-11)17-12(19(13)26)6-14(21)18(16(17)20)23-5-4-10(22)7-23;/h6,8,10-11H,2-5,7,9,22H2,1H3;1H/t10-;/m1./s1. The van der Waals surface area contributed by atoms with E-state index in [2.05, 4.69) is 0 Å². The lowest BCUT2D eigenvalue weighted by molar-refractivity contribution is 0.101. The number of nitrogens with two attached hydrogens (primary N) is 1. The van der Waals surface area contributed by atoms with Gasteiger partial charge in [0.15, 0.2) is 21.0 Å². The van der Waals surface area contributed by atoms with Crippen molar-refractivity contribution in [3.63, 3.8) is 0 Å². The summed E-state index contributed by atoms with van der Waals surface area (Å²) in [5.41, 5.74) is 5.54. The number of carbonyl (C=O) groups excluding carboxylic acids is 1. The fraction of sp³-hybridized carbons (Fsp3) is 0.474. The Hall–Kier alpha value is -1.68. The SMILES string of the molecule is CS(=O)(=O)CC(=O)c1cn(C2CC2)c2c(Cl)c(N3CC[C@@H](N)C3)c(F)cc2c1=O.Cl. The van der Waals surface area contributed by atoms with Crippen molar-refractivity contribution in [1.29, 1.82) is 0 Å². The first-order valence-electron chi connectivity index (χ1n) is 9.35. The molecule has 0 bridgehead atoms. The largest absolute Gasteiger partial charge is 0.366 e. The molecule has 2 fully saturated rings. The van der Waals surface area contributed by atoms with Crippen LogP contribution in [0.15, 0.2) is 17.1 Å². The van der Waals surface area contributed by atoms with Gasteiger partial charge in [-0.15, -0.1) is 12.4 Å². The predicted octanol–water partition coefficient (Wildman–Crippen LogP) is 2.32. The molecular formula is C19H22Cl2FN3O4S. The molecule has 11 heteroatoms. The number of pyridine rings is 1. The van der Waals surface area contributed by atoms with Gasteiger partial charge in [0, 0.05) is 37.6 Å². The number of aromatic nitrogens is 1. The first-order chi connectivity index (χ1) is 13.6. The van der Waals surface area contributed by atoms with E-state index in [0.29, 0.717) is 25.0 Å². The molecule has 164 valence electrons. The van der Waals surface area contributed by atoms with E-state index in [1.54, 1.807) is 9.47 Å². The Morgan fingerprint density at radius 2 is 2.00 bits per heavy atom. The zero-order valence-corrected chi connectivity index (χ0v) is 18.6. The summed E-state index contributed by atoms with van der Waals surface area (Å²) in [5.74, 6) is -2.25. The van der Waals surface area contributed by atoms with Crippen molar-refractivity contribution in [3.8, 4) is 0 Å². The Bertz CT molecular complexity index is 1190. The number of hydrogen-bond acceptors (Lipinski definition) is 6. The van der Waals surface area contributed by atoms with Crippen molar-refractivity contribution in [3.05, 3.63) is 38.9 Å². The smallest absolute Gasteiger partial charge is 0.200 e. The van der Waals surface area contributed by atoms with Crippen molar-refractivity contribution in [2.45, 2.75) is 31.3 Å². The van der Waals surface area contributed by atoms with Gasteiger partial charge in [-0.2, -0.15) is 0 Å². The third-order valence-electron chi connectivity index (χ3n) is 5.36. The molecule has 0 radical (unpaired) electrons. The average Bonchev–Trinajstić information content (AvgIpc) is 3.36. The van der Waals surface area contributed by atoms with Crippen LogP contribution in [0.5, 0.6) is 0 Å². The van der Waals surface area contributed by atoms with Crippen LogP contribution in [0.1, 0.15) is 35.7 Å². The van der Waals surface area contributed by atoms with Crippen LogP contribution in [-0.4, -0.2) is 49.9 Å². The quantitative estimate of drug-likeness (QED) is 0.662. The Kier molecular flexibility index (Phi) is 6.21. The summed E-state index contributed by atoms with van der Waals surface area (Å²) >= 11 is 6.60. The number of Topliss-reactive ketones (excluding diaryl/α,β-unsaturated/α-hetero) is 1. The lowest BCUT2D eigenvalue weighted by Gasteiger charge is -2.23. The van der Waals surface area contributed by atoms with E-state index >= 15 is 0 Å². The van der Waals surface area contributed by atoms with E-state index in [4.69, 9.17) is 17.3 Å². The van der Waals surface area contributed by atoms with E-state index in [1.807, 2.05) is 0 Å². The number of nitrogens with zero attached hydrogens (tertiary/aromatic N) is 2. The first kappa shape index (κ1) is 23.0. The van der Waals surface area contributed by atoms with Gasteiger partial charge in [-0.05, 0) is 25.3 Å². The molecule has 4 rings (SSSR count). The number of hydrogen-bond donors (Lipinski definition) is 1. The maximum absolute atomic E-state index is 15.0. The van der Waals surface area contributed by atoms with Crippen LogP contribution < -0.4 is 16.1 Å². The molecule has 1 saturated heterocycles. The van der Waals surface area contributed by atoms with Crippen molar-refractivity contribution in [2.24, 2.45) is 5.73 Å². The number of halogens is 3. The molecule has 2 heterocycles. The normalized spacial score (nSPS) is 19.2. The Labute approximate surface area is 184 Å². The molecule has 7 nitrogen and oxygen atoms in total. The molecule has 2 aliphatic rings. The predicted molar refractivity (Wildman–Crippen MR) is 118 cm³/mol. The summed E-state index contributed by atoms with van der Waals surface area (Å²) in [7, 11) is -3.61. The molecule has 0 spiro atoms. The minimum atomic E-state index is -3.61. The first-order valence-corrected chi connectivity index (χ1v) is 11.8. The van der Waals surface area contributed by atoms with Crippen LogP contribution in [0.2, 0.25) is 5.02 Å². The molecule has 2 aromatic rings. The van der Waals surface area contributed by atoms with E-state index in [1.165, 1.54) is 6.20 Å². The maximum Gasteiger partial charge on any atom is 0.200 e. The van der Waals surface area contributed by atoms with Gasteiger partial charge in [0.2, 0.25) is 0 Å². The van der Waals surface area contributed by atoms with Gasteiger partial charge in [-0.25, -0.2) is 12.8 Å². The van der Waals surface area contributed by atoms with Crippen molar-refractivity contribution in [2.75, 3.05) is 30.0 Å². The topological polar surface area (TPSA) is 102 Å². The van der Waals surface area contributed by atoms with Gasteiger partial charge in [0.05, 0.1) is 27.2 Å². The van der Waals surface area contributed by atoms with Crippen LogP contribution in [0.4, 0.5) is 10.1 Å². The minimum absolute atomic E-state index is 0. The Morgan fingerprint density at radius 3 is 2.53 bits per heavy atom. The lowest BCUT2D eigenvalue weighted by atomic mass is 10.1. The fourth-order valence-corrected chi connectivity index (χ4v) is 4.91. The molecule has 30 heavy (non-hydrogen) atoms. The summed E-state index contributed by atoms with van der Waals surface area (Å²) in [5, 5.41) is 0.0891. The van der Waals surface area contributed by atoms with E-state index in [0.717, 1.165) is 25.2 Å². The number of rotatable bonds is 5. The molecule has 2 N–H and O–H groups in total. The summed E-state index contributed by atoms with van der Waals surface area (Å²) in [4.78, 5) is 27.2. The number of carbonyl (C=O) groups is 1. The highest BCUT2D eigenvalue weighted by Gasteiger charge is 2.32. The van der Waals surface area contributed by atoms with Crippen LogP contribution in [0, 0.1) is 5.82 Å². The summed E-state index contributed by atoms with van der Waals surface area (Å²) < 4.78 is 39.8. The van der Waals surface area contributed by atoms with Crippen molar-refractivity contribution >= 4 is 56.2 Å². The van der Waals surface area contributed by atoms with Gasteiger partial charge >= 0.3 is 0 Å². The summed E-state index contributed by atoms with van der Waals surface area (Å²) in [6.07, 6.45) is 4.67. The summed E-state index contributed by atoms with van der Waals surface area (Å²) in [6.45, 7) is 1.02. The van der Waals surface area contributed by atoms with E-state index in [9.17, 15) is 22.4 Å². The number of sulfone groups is 1. The van der Waals surface area contributed by atoms with Gasteiger partial charge < -0.3 is 15.2 Å². The molecule has 1 aliphatic carbocycles. The average molecular weight is 478 g/mol. The fourth-order valence-electron chi connectivity index (χ4n) is 3.87. The van der Waals surface area contributed by atoms with Crippen molar-refractivity contribution < 1.29 is 17.6 Å². The monoisotopic (exact) mass is 477 g/mol. The minimum Gasteiger partial charge on any atom is -0.366 e. The molecule has 1 aromatic carbocycles. The second-order valence-electron chi connectivity index (χ2n) is 7.92. The van der Waals surface area contributed by atoms with Gasteiger partial charge in [0.25, 0.3) is 0 Å². The van der Waals surface area contributed by atoms with E-state index in [-0.39, 0.29) is 46.2 Å². The molecule has 1 aliphatic heterocycles. The summed E-state index contributed by atoms with van der Waals surface area (Å²) in [6, 6.07) is 1.04. The van der Waals surface area contributed by atoms with E-state index < -0.39 is 32.6 Å². The number of ketones is 1. The number of fused-ring (bicyclic) bond motifs is 1. The highest BCUT2D eigenvalue weighted by molar-refractivity contribution is 7.91. The number of anilines is 1. The Balaban J connectivity index is 0.00000256. The number of benzene rings is 1. The Morgan fingerprint density at radius 1 is 1.33 bits per heavy atom. The third kappa shape index (κ3) is 4.21. The molecule has 0 amide bonds. The lowest BCUT2D eigenvalue weighted by Crippen LogP contribution is -2.28. The van der Waals surface area contributed by atoms with Crippen LogP contribution in [-0.2, 0) is 9.84 Å². The third-order valence-corrected chi connectivity index (χ3v) is 6.50. The molecule has 1 aromatic heterocycles. The second kappa shape index (κ2) is 8.11. The second-order valence-corrected chi connectivity index (χ2v) is 10.4. The maximum atomic E-state index is 15.0. The van der Waals surface area contributed by atoms with Crippen LogP contribution >= 0.6 is 24.0 Å². The highest BCUT2D eigenvalue weighted by atomic mass is 35.5. The van der Waals surface area contributed by atoms with Gasteiger partial charge in [-0.1, -0.05) is 11.6 Å².